The lowest BCUT2D eigenvalue weighted by molar-refractivity contribution is 0.0982. The number of piperazine rings is 1. The van der Waals surface area contributed by atoms with Gasteiger partial charge >= 0.3 is 0 Å². The van der Waals surface area contributed by atoms with Crippen LogP contribution in [0.25, 0.3) is 11.1 Å². The standard InChI is InChI=1S/C34H41F2N9O2/c1-41-12-14-43(15-13-41)24-7-10-44(11-8-24)30-18-31(46-3)28(17-26(30)23-20-39-42(2)21-23)40-32-19-33(38-22-37-32)45-29(9-16-47-45)25-5-4-6-27(35)34(25)36/h4-6,17-22,24,29H,7-16H2,1-3H3,(H,37,38,40). The molecule has 7 rings (SSSR count). The number of halogens is 2. The number of methoxy groups -OCH3 is 1. The minimum absolute atomic E-state index is 0.224. The average molecular weight is 646 g/mol. The summed E-state index contributed by atoms with van der Waals surface area (Å²) in [5.74, 6) is -0.165. The third-order valence-electron chi connectivity index (χ3n) is 9.58. The Bertz CT molecular complexity index is 1700. The molecule has 2 aromatic carbocycles. The Morgan fingerprint density at radius 1 is 0.957 bits per heavy atom. The monoisotopic (exact) mass is 645 g/mol. The third kappa shape index (κ3) is 6.47. The van der Waals surface area contributed by atoms with Crippen LogP contribution in [0.3, 0.4) is 0 Å². The van der Waals surface area contributed by atoms with Crippen molar-refractivity contribution in [1.29, 1.82) is 0 Å². The Kier molecular flexibility index (Phi) is 8.93. The highest BCUT2D eigenvalue weighted by molar-refractivity contribution is 5.85. The molecule has 1 N–H and O–H groups in total. The fraction of sp³-hybridized carbons (Fsp3) is 0.441. The zero-order valence-corrected chi connectivity index (χ0v) is 27.1. The van der Waals surface area contributed by atoms with Gasteiger partial charge in [0.05, 0.1) is 31.6 Å². The molecule has 0 amide bonds. The van der Waals surface area contributed by atoms with Gasteiger partial charge in [-0.1, -0.05) is 12.1 Å². The molecule has 3 aliphatic rings. The summed E-state index contributed by atoms with van der Waals surface area (Å²) in [4.78, 5) is 22.2. The number of hydrogen-bond acceptors (Lipinski definition) is 10. The maximum atomic E-state index is 14.7. The Morgan fingerprint density at radius 3 is 2.51 bits per heavy atom. The molecule has 0 radical (unpaired) electrons. The first-order chi connectivity index (χ1) is 22.9. The molecule has 3 fully saturated rings. The summed E-state index contributed by atoms with van der Waals surface area (Å²) in [6.45, 7) is 6.78. The molecule has 4 aromatic rings. The number of piperidine rings is 1. The molecular weight excluding hydrogens is 604 g/mol. The Hall–Kier alpha value is -4.33. The van der Waals surface area contributed by atoms with E-state index in [9.17, 15) is 8.78 Å². The molecule has 1 atom stereocenters. The molecule has 0 bridgehead atoms. The second kappa shape index (κ2) is 13.4. The van der Waals surface area contributed by atoms with Gasteiger partial charge in [0.15, 0.2) is 17.5 Å². The fourth-order valence-corrected chi connectivity index (χ4v) is 6.98. The molecule has 13 heteroatoms. The summed E-state index contributed by atoms with van der Waals surface area (Å²) in [6.07, 6.45) is 8.04. The first-order valence-corrected chi connectivity index (χ1v) is 16.2. The van der Waals surface area contributed by atoms with E-state index in [1.807, 2.05) is 19.4 Å². The lowest BCUT2D eigenvalue weighted by Crippen LogP contribution is -2.52. The first kappa shape index (κ1) is 31.3. The topological polar surface area (TPSA) is 87.1 Å². The van der Waals surface area contributed by atoms with Crippen molar-refractivity contribution in [3.8, 4) is 16.9 Å². The predicted molar refractivity (Wildman–Crippen MR) is 177 cm³/mol. The molecule has 2 aromatic heterocycles. The van der Waals surface area contributed by atoms with Crippen LogP contribution in [0.4, 0.5) is 31.8 Å². The number of nitrogens with zero attached hydrogens (tertiary/aromatic N) is 8. The molecule has 5 heterocycles. The van der Waals surface area contributed by atoms with Gasteiger partial charge in [-0.05, 0) is 32.0 Å². The first-order valence-electron chi connectivity index (χ1n) is 16.2. The van der Waals surface area contributed by atoms with Crippen molar-refractivity contribution >= 4 is 23.0 Å². The SMILES string of the molecule is COc1cc(N2CCC(N3CCN(C)CC3)CC2)c(-c2cnn(C)c2)cc1Nc1cc(N2OCCC2c2cccc(F)c2F)ncn1. The van der Waals surface area contributed by atoms with Crippen molar-refractivity contribution in [2.75, 3.05) is 75.3 Å². The molecule has 1 unspecified atom stereocenters. The molecule has 3 saturated heterocycles. The fourth-order valence-electron chi connectivity index (χ4n) is 6.98. The number of anilines is 4. The quantitative estimate of drug-likeness (QED) is 0.282. The van der Waals surface area contributed by atoms with E-state index in [1.54, 1.807) is 23.9 Å². The Morgan fingerprint density at radius 2 is 1.77 bits per heavy atom. The number of aryl methyl sites for hydroxylation is 1. The van der Waals surface area contributed by atoms with Crippen LogP contribution in [0.5, 0.6) is 5.75 Å². The van der Waals surface area contributed by atoms with Crippen LogP contribution < -0.4 is 20.0 Å². The van der Waals surface area contributed by atoms with Crippen molar-refractivity contribution in [2.24, 2.45) is 7.05 Å². The summed E-state index contributed by atoms with van der Waals surface area (Å²) >= 11 is 0. The Balaban J connectivity index is 1.15. The van der Waals surface area contributed by atoms with E-state index < -0.39 is 17.7 Å². The molecule has 3 aliphatic heterocycles. The molecule has 11 nitrogen and oxygen atoms in total. The van der Waals surface area contributed by atoms with E-state index in [-0.39, 0.29) is 5.56 Å². The second-order valence-electron chi connectivity index (χ2n) is 12.5. The van der Waals surface area contributed by atoms with Crippen LogP contribution in [0.1, 0.15) is 30.9 Å². The van der Waals surface area contributed by atoms with Crippen molar-refractivity contribution in [2.45, 2.75) is 31.3 Å². The lowest BCUT2D eigenvalue weighted by Gasteiger charge is -2.43. The van der Waals surface area contributed by atoms with Gasteiger partial charge in [0, 0.05) is 99.5 Å². The van der Waals surface area contributed by atoms with Gasteiger partial charge in [-0.25, -0.2) is 23.8 Å². The van der Waals surface area contributed by atoms with Gasteiger partial charge in [0.1, 0.15) is 17.9 Å². The summed E-state index contributed by atoms with van der Waals surface area (Å²) in [5, 5.41) is 9.40. The van der Waals surface area contributed by atoms with Gasteiger partial charge in [-0.2, -0.15) is 5.10 Å². The molecule has 0 saturated carbocycles. The van der Waals surface area contributed by atoms with E-state index in [2.05, 4.69) is 54.3 Å². The van der Waals surface area contributed by atoms with E-state index in [0.29, 0.717) is 36.5 Å². The van der Waals surface area contributed by atoms with Gasteiger partial charge in [0.2, 0.25) is 0 Å². The minimum atomic E-state index is -0.890. The number of hydroxylamine groups is 1. The molecule has 0 spiro atoms. The van der Waals surface area contributed by atoms with Gasteiger partial charge in [-0.15, -0.1) is 0 Å². The van der Waals surface area contributed by atoms with Gasteiger partial charge in [-0.3, -0.25) is 14.4 Å². The van der Waals surface area contributed by atoms with Crippen molar-refractivity contribution < 1.29 is 18.4 Å². The molecular formula is C34H41F2N9O2. The smallest absolute Gasteiger partial charge is 0.164 e. The summed E-state index contributed by atoms with van der Waals surface area (Å²) < 4.78 is 36.5. The number of benzene rings is 2. The maximum absolute atomic E-state index is 14.7. The average Bonchev–Trinajstić information content (AvgIpc) is 3.76. The van der Waals surface area contributed by atoms with Gasteiger partial charge in [0.25, 0.3) is 0 Å². The Labute approximate surface area is 273 Å². The number of nitrogens with one attached hydrogen (secondary N) is 1. The zero-order chi connectivity index (χ0) is 32.5. The van der Waals surface area contributed by atoms with Crippen LogP contribution >= 0.6 is 0 Å². The number of likely N-dealkylation sites (N-methyl/N-ethyl adjacent to an activating group) is 1. The molecule has 0 aliphatic carbocycles. The lowest BCUT2D eigenvalue weighted by atomic mass is 9.98. The number of ether oxygens (including phenoxy) is 1. The van der Waals surface area contributed by atoms with Crippen LogP contribution in [0.15, 0.2) is 55.1 Å². The predicted octanol–water partition coefficient (Wildman–Crippen LogP) is 5.01. The van der Waals surface area contributed by atoms with E-state index >= 15 is 0 Å². The van der Waals surface area contributed by atoms with E-state index in [4.69, 9.17) is 9.57 Å². The van der Waals surface area contributed by atoms with Crippen molar-refractivity contribution in [3.05, 3.63) is 72.3 Å². The van der Waals surface area contributed by atoms with Crippen LogP contribution in [-0.2, 0) is 11.9 Å². The second-order valence-corrected chi connectivity index (χ2v) is 12.5. The number of hydrogen-bond donors (Lipinski definition) is 1. The zero-order valence-electron chi connectivity index (χ0n) is 27.1. The van der Waals surface area contributed by atoms with Gasteiger partial charge < -0.3 is 19.9 Å². The summed E-state index contributed by atoms with van der Waals surface area (Å²) in [7, 11) is 5.78. The number of rotatable bonds is 8. The van der Waals surface area contributed by atoms with E-state index in [1.165, 1.54) is 17.5 Å². The molecule has 47 heavy (non-hydrogen) atoms. The van der Waals surface area contributed by atoms with E-state index in [0.717, 1.165) is 80.7 Å². The minimum Gasteiger partial charge on any atom is -0.494 e. The van der Waals surface area contributed by atoms with Crippen molar-refractivity contribution in [1.82, 2.24) is 29.5 Å². The van der Waals surface area contributed by atoms with Crippen LogP contribution in [-0.4, -0.2) is 95.6 Å². The third-order valence-corrected chi connectivity index (χ3v) is 9.58. The summed E-state index contributed by atoms with van der Waals surface area (Å²) in [6, 6.07) is 10.2. The van der Waals surface area contributed by atoms with Crippen LogP contribution in [0, 0.1) is 11.6 Å². The van der Waals surface area contributed by atoms with Crippen LogP contribution in [0.2, 0.25) is 0 Å². The normalized spacial score (nSPS) is 19.8. The van der Waals surface area contributed by atoms with Crippen molar-refractivity contribution in [3.63, 3.8) is 0 Å². The molecule has 248 valence electrons. The largest absolute Gasteiger partial charge is 0.494 e. The number of aromatic nitrogens is 4. The highest BCUT2D eigenvalue weighted by atomic mass is 19.2. The highest BCUT2D eigenvalue weighted by Gasteiger charge is 2.32. The maximum Gasteiger partial charge on any atom is 0.164 e. The summed E-state index contributed by atoms with van der Waals surface area (Å²) in [5.41, 5.74) is 4.09. The highest BCUT2D eigenvalue weighted by Crippen LogP contribution is 2.42.